The normalized spacial score (nSPS) is 10.7. The summed E-state index contributed by atoms with van der Waals surface area (Å²) < 4.78 is 11.3. The van der Waals surface area contributed by atoms with E-state index in [4.69, 9.17) is 9.47 Å². The van der Waals surface area contributed by atoms with Crippen LogP contribution in [0.15, 0.2) is 77.5 Å². The number of esters is 1. The van der Waals surface area contributed by atoms with Crippen molar-refractivity contribution >= 4 is 39.6 Å². The van der Waals surface area contributed by atoms with E-state index in [0.29, 0.717) is 30.2 Å². The summed E-state index contributed by atoms with van der Waals surface area (Å²) in [7, 11) is 1.59. The summed E-state index contributed by atoms with van der Waals surface area (Å²) in [5.41, 5.74) is 2.73. The predicted molar refractivity (Wildman–Crippen MR) is 128 cm³/mol. The molecular weight excluding hydrogens is 472 g/mol. The summed E-state index contributed by atoms with van der Waals surface area (Å²) in [4.78, 5) is 30.9. The molecule has 0 radical (unpaired) electrons. The van der Waals surface area contributed by atoms with Crippen molar-refractivity contribution in [2.75, 3.05) is 18.6 Å². The highest BCUT2D eigenvalue weighted by molar-refractivity contribution is 9.10. The molecule has 3 rings (SSSR count). The summed E-state index contributed by atoms with van der Waals surface area (Å²) in [6.45, 7) is 2.38. The minimum Gasteiger partial charge on any atom is -0.496 e. The average Bonchev–Trinajstić information content (AvgIpc) is 2.82. The Morgan fingerprint density at radius 1 is 1.12 bits per heavy atom. The smallest absolute Gasteiger partial charge is 0.338 e. The Hall–Kier alpha value is -3.45. The molecule has 164 valence electrons. The maximum atomic E-state index is 13.2. The third kappa shape index (κ3) is 6.04. The third-order valence-electron chi connectivity index (χ3n) is 4.62. The molecule has 2 aromatic carbocycles. The minimum atomic E-state index is -0.397. The fourth-order valence-corrected chi connectivity index (χ4v) is 3.43. The Kier molecular flexibility index (Phi) is 8.16. The summed E-state index contributed by atoms with van der Waals surface area (Å²) in [5, 5.41) is 0. The zero-order valence-corrected chi connectivity index (χ0v) is 19.4. The van der Waals surface area contributed by atoms with Crippen LogP contribution in [0.25, 0.3) is 6.08 Å². The van der Waals surface area contributed by atoms with Crippen LogP contribution in [0.2, 0.25) is 0 Å². The van der Waals surface area contributed by atoms with E-state index in [1.165, 1.54) is 6.08 Å². The Balaban J connectivity index is 1.90. The molecule has 3 aromatic rings. The second kappa shape index (κ2) is 11.2. The van der Waals surface area contributed by atoms with Gasteiger partial charge in [-0.15, -0.1) is 0 Å². The Morgan fingerprint density at radius 2 is 1.91 bits per heavy atom. The lowest BCUT2D eigenvalue weighted by Gasteiger charge is -2.22. The minimum absolute atomic E-state index is 0.222. The van der Waals surface area contributed by atoms with Gasteiger partial charge >= 0.3 is 5.97 Å². The lowest BCUT2D eigenvalue weighted by atomic mass is 10.1. The molecule has 0 unspecified atom stereocenters. The number of hydrogen-bond donors (Lipinski definition) is 0. The van der Waals surface area contributed by atoms with Gasteiger partial charge in [0.15, 0.2) is 0 Å². The predicted octanol–water partition coefficient (Wildman–Crippen LogP) is 5.28. The van der Waals surface area contributed by atoms with E-state index in [0.717, 1.165) is 15.6 Å². The number of rotatable bonds is 8. The highest BCUT2D eigenvalue weighted by Gasteiger charge is 2.16. The zero-order valence-electron chi connectivity index (χ0n) is 17.8. The second-order valence-corrected chi connectivity index (χ2v) is 7.69. The van der Waals surface area contributed by atoms with E-state index in [9.17, 15) is 9.59 Å². The number of benzene rings is 2. The van der Waals surface area contributed by atoms with Gasteiger partial charge in [0.2, 0.25) is 0 Å². The van der Waals surface area contributed by atoms with E-state index >= 15 is 0 Å². The van der Waals surface area contributed by atoms with Crippen molar-refractivity contribution in [1.29, 1.82) is 0 Å². The SMILES string of the molecule is CCOC(=O)c1ccc(N(Cc2cccnc2)C(=O)/C=C/c2cc(Br)ccc2OC)cc1. The first kappa shape index (κ1) is 23.2. The van der Waals surface area contributed by atoms with Crippen molar-refractivity contribution in [2.45, 2.75) is 13.5 Å². The molecule has 0 spiro atoms. The number of nitrogens with zero attached hydrogens (tertiary/aromatic N) is 2. The monoisotopic (exact) mass is 494 g/mol. The standard InChI is InChI=1S/C25H23BrN2O4/c1-3-32-25(30)19-6-10-22(11-7-19)28(17-18-5-4-14-27-16-18)24(29)13-8-20-15-21(26)9-12-23(20)31-2/h4-16H,3,17H2,1-2H3/b13-8+. The Labute approximate surface area is 195 Å². The van der Waals surface area contributed by atoms with Crippen LogP contribution in [0, 0.1) is 0 Å². The number of amides is 1. The lowest BCUT2D eigenvalue weighted by molar-refractivity contribution is -0.114. The van der Waals surface area contributed by atoms with Gasteiger partial charge in [-0.25, -0.2) is 4.79 Å². The number of pyridine rings is 1. The topological polar surface area (TPSA) is 68.7 Å². The molecule has 0 N–H and O–H groups in total. The molecule has 0 atom stereocenters. The van der Waals surface area contributed by atoms with Gasteiger partial charge in [-0.05, 0) is 67.1 Å². The van der Waals surface area contributed by atoms with Crippen LogP contribution in [0.4, 0.5) is 5.69 Å². The first-order valence-electron chi connectivity index (χ1n) is 10.0. The Morgan fingerprint density at radius 3 is 2.56 bits per heavy atom. The van der Waals surface area contributed by atoms with Crippen molar-refractivity contribution < 1.29 is 19.1 Å². The number of carbonyl (C=O) groups is 2. The fourth-order valence-electron chi connectivity index (χ4n) is 3.05. The van der Waals surface area contributed by atoms with E-state index in [1.807, 2.05) is 30.3 Å². The van der Waals surface area contributed by atoms with Gasteiger partial charge in [0, 0.05) is 34.2 Å². The highest BCUT2D eigenvalue weighted by Crippen LogP contribution is 2.25. The molecule has 0 saturated carbocycles. The van der Waals surface area contributed by atoms with Gasteiger partial charge in [0.1, 0.15) is 5.75 Å². The van der Waals surface area contributed by atoms with Crippen LogP contribution < -0.4 is 9.64 Å². The summed E-state index contributed by atoms with van der Waals surface area (Å²) in [6.07, 6.45) is 6.62. The van der Waals surface area contributed by atoms with Gasteiger partial charge < -0.3 is 14.4 Å². The molecule has 0 aliphatic rings. The number of methoxy groups -OCH3 is 1. The highest BCUT2D eigenvalue weighted by atomic mass is 79.9. The molecule has 1 aromatic heterocycles. The number of ether oxygens (including phenoxy) is 2. The number of anilines is 1. The van der Waals surface area contributed by atoms with Crippen LogP contribution in [0.1, 0.15) is 28.4 Å². The number of hydrogen-bond acceptors (Lipinski definition) is 5. The molecule has 7 heteroatoms. The number of halogens is 1. The van der Waals surface area contributed by atoms with Gasteiger partial charge in [-0.2, -0.15) is 0 Å². The molecule has 1 heterocycles. The van der Waals surface area contributed by atoms with Crippen molar-refractivity contribution in [3.8, 4) is 5.75 Å². The van der Waals surface area contributed by atoms with Crippen LogP contribution in [-0.4, -0.2) is 30.6 Å². The molecule has 32 heavy (non-hydrogen) atoms. The largest absolute Gasteiger partial charge is 0.496 e. The zero-order chi connectivity index (χ0) is 22.9. The van der Waals surface area contributed by atoms with Crippen LogP contribution in [0.3, 0.4) is 0 Å². The van der Waals surface area contributed by atoms with E-state index < -0.39 is 5.97 Å². The van der Waals surface area contributed by atoms with Crippen molar-refractivity contribution in [3.63, 3.8) is 0 Å². The molecule has 0 aliphatic carbocycles. The maximum Gasteiger partial charge on any atom is 0.338 e. The summed E-state index contributed by atoms with van der Waals surface area (Å²) in [6, 6.07) is 16.1. The van der Waals surface area contributed by atoms with Crippen LogP contribution in [-0.2, 0) is 16.1 Å². The quantitative estimate of drug-likeness (QED) is 0.315. The molecular formula is C25H23BrN2O4. The third-order valence-corrected chi connectivity index (χ3v) is 5.11. The van der Waals surface area contributed by atoms with Crippen LogP contribution in [0.5, 0.6) is 5.75 Å². The fraction of sp³-hybridized carbons (Fsp3) is 0.160. The molecule has 0 aliphatic heterocycles. The first-order valence-corrected chi connectivity index (χ1v) is 10.8. The summed E-state index contributed by atoms with van der Waals surface area (Å²) >= 11 is 3.44. The van der Waals surface area contributed by atoms with Gasteiger partial charge in [0.05, 0.1) is 25.8 Å². The van der Waals surface area contributed by atoms with Crippen LogP contribution >= 0.6 is 15.9 Å². The second-order valence-electron chi connectivity index (χ2n) is 6.77. The number of carbonyl (C=O) groups excluding carboxylic acids is 2. The molecule has 1 amide bonds. The molecule has 0 saturated heterocycles. The van der Waals surface area contributed by atoms with Gasteiger partial charge in [-0.3, -0.25) is 9.78 Å². The van der Waals surface area contributed by atoms with Gasteiger partial charge in [0.25, 0.3) is 5.91 Å². The molecule has 6 nitrogen and oxygen atoms in total. The van der Waals surface area contributed by atoms with Gasteiger partial charge in [-0.1, -0.05) is 22.0 Å². The van der Waals surface area contributed by atoms with E-state index in [1.54, 1.807) is 61.7 Å². The van der Waals surface area contributed by atoms with Crippen molar-refractivity contribution in [2.24, 2.45) is 0 Å². The van der Waals surface area contributed by atoms with E-state index in [2.05, 4.69) is 20.9 Å². The first-order chi connectivity index (χ1) is 15.5. The maximum absolute atomic E-state index is 13.2. The Bertz CT molecular complexity index is 1100. The molecule has 0 fully saturated rings. The average molecular weight is 495 g/mol. The number of aromatic nitrogens is 1. The van der Waals surface area contributed by atoms with Crippen molar-refractivity contribution in [3.05, 3.63) is 94.2 Å². The molecule has 0 bridgehead atoms. The lowest BCUT2D eigenvalue weighted by Crippen LogP contribution is -2.28. The van der Waals surface area contributed by atoms with E-state index in [-0.39, 0.29) is 5.91 Å². The summed E-state index contributed by atoms with van der Waals surface area (Å²) in [5.74, 6) is 0.0421. The van der Waals surface area contributed by atoms with Crippen molar-refractivity contribution in [1.82, 2.24) is 4.98 Å².